The zero-order chi connectivity index (χ0) is 14.1. The second-order valence-corrected chi connectivity index (χ2v) is 8.29. The van der Waals surface area contributed by atoms with Crippen LogP contribution in [0.4, 0.5) is 0 Å². The molecule has 110 valence electrons. The molecule has 0 radical (unpaired) electrons. The Morgan fingerprint density at radius 1 is 1.37 bits per heavy atom. The van der Waals surface area contributed by atoms with Gasteiger partial charge in [0.2, 0.25) is 10.0 Å². The fraction of sp³-hybridized carbons (Fsp3) is 0.923. The Morgan fingerprint density at radius 2 is 2.00 bits per heavy atom. The van der Waals surface area contributed by atoms with E-state index in [9.17, 15) is 13.2 Å². The molecule has 2 aliphatic rings. The Balaban J connectivity index is 1.91. The number of carboxylic acids is 1. The van der Waals surface area contributed by atoms with E-state index in [4.69, 9.17) is 5.11 Å². The van der Waals surface area contributed by atoms with Crippen LogP contribution >= 0.6 is 0 Å². The second-order valence-electron chi connectivity index (χ2n) is 6.20. The van der Waals surface area contributed by atoms with Gasteiger partial charge in [0.1, 0.15) is 0 Å². The van der Waals surface area contributed by atoms with Gasteiger partial charge in [0, 0.05) is 13.1 Å². The van der Waals surface area contributed by atoms with Crippen LogP contribution in [-0.2, 0) is 14.8 Å². The van der Waals surface area contributed by atoms with Crippen molar-refractivity contribution in [2.45, 2.75) is 45.4 Å². The highest BCUT2D eigenvalue weighted by atomic mass is 32.2. The summed E-state index contributed by atoms with van der Waals surface area (Å²) in [5, 5.41) is 9.14. The first-order chi connectivity index (χ1) is 8.83. The first-order valence-corrected chi connectivity index (χ1v) is 8.66. The van der Waals surface area contributed by atoms with Crippen LogP contribution < -0.4 is 0 Å². The summed E-state index contributed by atoms with van der Waals surface area (Å²) in [5.74, 6) is -0.183. The molecule has 0 aromatic heterocycles. The summed E-state index contributed by atoms with van der Waals surface area (Å²) in [4.78, 5) is 11.1. The van der Waals surface area contributed by atoms with Crippen LogP contribution in [0.25, 0.3) is 0 Å². The number of hydrogen-bond acceptors (Lipinski definition) is 3. The van der Waals surface area contributed by atoms with Gasteiger partial charge in [0.15, 0.2) is 0 Å². The first-order valence-electron chi connectivity index (χ1n) is 7.05. The predicted molar refractivity (Wildman–Crippen MR) is 72.3 cm³/mol. The molecule has 1 unspecified atom stereocenters. The molecule has 0 aromatic rings. The van der Waals surface area contributed by atoms with Gasteiger partial charge >= 0.3 is 5.97 Å². The highest BCUT2D eigenvalue weighted by molar-refractivity contribution is 7.89. The highest BCUT2D eigenvalue weighted by Crippen LogP contribution is 2.33. The fourth-order valence-electron chi connectivity index (χ4n) is 3.07. The molecule has 2 fully saturated rings. The molecule has 1 N–H and O–H groups in total. The van der Waals surface area contributed by atoms with Crippen LogP contribution in [0.1, 0.15) is 45.4 Å². The number of hydrogen-bond donors (Lipinski definition) is 1. The maximum atomic E-state index is 12.2. The molecule has 1 atom stereocenters. The lowest BCUT2D eigenvalue weighted by molar-refractivity contribution is -0.146. The van der Waals surface area contributed by atoms with Crippen LogP contribution in [0.2, 0.25) is 0 Å². The van der Waals surface area contributed by atoms with Gasteiger partial charge in [-0.3, -0.25) is 4.79 Å². The third kappa shape index (κ3) is 3.28. The summed E-state index contributed by atoms with van der Waals surface area (Å²) < 4.78 is 25.8. The third-order valence-electron chi connectivity index (χ3n) is 4.61. The summed E-state index contributed by atoms with van der Waals surface area (Å²) >= 11 is 0. The Labute approximate surface area is 115 Å². The molecular formula is C13H23NO4S. The van der Waals surface area contributed by atoms with E-state index in [0.29, 0.717) is 18.9 Å². The van der Waals surface area contributed by atoms with E-state index in [-0.39, 0.29) is 12.3 Å². The zero-order valence-electron chi connectivity index (χ0n) is 11.5. The molecule has 0 bridgehead atoms. The number of carbonyl (C=O) groups is 1. The molecule has 2 rings (SSSR count). The van der Waals surface area contributed by atoms with Crippen molar-refractivity contribution in [2.24, 2.45) is 11.3 Å². The monoisotopic (exact) mass is 289 g/mol. The van der Waals surface area contributed by atoms with Gasteiger partial charge in [-0.05, 0) is 25.7 Å². The van der Waals surface area contributed by atoms with E-state index in [0.717, 1.165) is 19.3 Å². The van der Waals surface area contributed by atoms with Crippen molar-refractivity contribution in [3.05, 3.63) is 0 Å². The van der Waals surface area contributed by atoms with Gasteiger partial charge in [-0.2, -0.15) is 0 Å². The SMILES string of the molecule is CC1(C(=O)O)CCN(S(=O)(=O)CCC2CCCC2)C1. The van der Waals surface area contributed by atoms with Crippen LogP contribution in [0.5, 0.6) is 0 Å². The summed E-state index contributed by atoms with van der Waals surface area (Å²) in [6.07, 6.45) is 5.84. The van der Waals surface area contributed by atoms with Crippen LogP contribution in [0.15, 0.2) is 0 Å². The van der Waals surface area contributed by atoms with Crippen LogP contribution in [-0.4, -0.2) is 42.6 Å². The molecule has 1 saturated heterocycles. The van der Waals surface area contributed by atoms with Gasteiger partial charge in [0.25, 0.3) is 0 Å². The number of nitrogens with zero attached hydrogens (tertiary/aromatic N) is 1. The molecule has 5 nitrogen and oxygen atoms in total. The average Bonchev–Trinajstić information content (AvgIpc) is 2.96. The third-order valence-corrected chi connectivity index (χ3v) is 6.46. The topological polar surface area (TPSA) is 74.7 Å². The minimum Gasteiger partial charge on any atom is -0.481 e. The smallest absolute Gasteiger partial charge is 0.310 e. The van der Waals surface area contributed by atoms with E-state index in [2.05, 4.69) is 0 Å². The van der Waals surface area contributed by atoms with Crippen molar-refractivity contribution in [1.82, 2.24) is 4.31 Å². The normalized spacial score (nSPS) is 29.9. The van der Waals surface area contributed by atoms with Crippen molar-refractivity contribution in [3.63, 3.8) is 0 Å². The molecular weight excluding hydrogens is 266 g/mol. The molecule has 0 spiro atoms. The van der Waals surface area contributed by atoms with E-state index in [1.807, 2.05) is 0 Å². The molecule has 0 amide bonds. The summed E-state index contributed by atoms with van der Waals surface area (Å²) in [7, 11) is -3.28. The van der Waals surface area contributed by atoms with Crippen LogP contribution in [0, 0.1) is 11.3 Å². The number of aliphatic carboxylic acids is 1. The molecule has 1 heterocycles. The summed E-state index contributed by atoms with van der Waals surface area (Å²) in [6.45, 7) is 2.09. The Bertz CT molecular complexity index is 442. The van der Waals surface area contributed by atoms with Crippen molar-refractivity contribution in [2.75, 3.05) is 18.8 Å². The van der Waals surface area contributed by atoms with E-state index < -0.39 is 21.4 Å². The van der Waals surface area contributed by atoms with Crippen molar-refractivity contribution < 1.29 is 18.3 Å². The lowest BCUT2D eigenvalue weighted by Crippen LogP contribution is -2.36. The standard InChI is InChI=1S/C13H23NO4S/c1-13(12(15)16)7-8-14(10-13)19(17,18)9-6-11-4-2-3-5-11/h11H,2-10H2,1H3,(H,15,16). The minimum atomic E-state index is -3.28. The summed E-state index contributed by atoms with van der Waals surface area (Å²) in [5.41, 5.74) is -0.916. The zero-order valence-corrected chi connectivity index (χ0v) is 12.3. The lowest BCUT2D eigenvalue weighted by Gasteiger charge is -2.20. The van der Waals surface area contributed by atoms with Gasteiger partial charge in [-0.15, -0.1) is 0 Å². The number of rotatable bonds is 5. The number of carboxylic acid groups (broad SMARTS) is 1. The van der Waals surface area contributed by atoms with Gasteiger partial charge < -0.3 is 5.11 Å². The Morgan fingerprint density at radius 3 is 2.53 bits per heavy atom. The van der Waals surface area contributed by atoms with Gasteiger partial charge in [-0.1, -0.05) is 25.7 Å². The van der Waals surface area contributed by atoms with E-state index in [1.165, 1.54) is 17.1 Å². The second kappa shape index (κ2) is 5.40. The molecule has 1 aliphatic heterocycles. The van der Waals surface area contributed by atoms with E-state index >= 15 is 0 Å². The first kappa shape index (κ1) is 14.8. The van der Waals surface area contributed by atoms with Crippen LogP contribution in [0.3, 0.4) is 0 Å². The van der Waals surface area contributed by atoms with Crippen molar-refractivity contribution in [1.29, 1.82) is 0 Å². The lowest BCUT2D eigenvalue weighted by atomic mass is 9.90. The minimum absolute atomic E-state index is 0.120. The largest absolute Gasteiger partial charge is 0.481 e. The average molecular weight is 289 g/mol. The van der Waals surface area contributed by atoms with E-state index in [1.54, 1.807) is 6.92 Å². The molecule has 19 heavy (non-hydrogen) atoms. The van der Waals surface area contributed by atoms with Gasteiger partial charge in [-0.25, -0.2) is 12.7 Å². The fourth-order valence-corrected chi connectivity index (χ4v) is 4.82. The molecule has 1 saturated carbocycles. The summed E-state index contributed by atoms with van der Waals surface area (Å²) in [6, 6.07) is 0. The van der Waals surface area contributed by atoms with Crippen molar-refractivity contribution in [3.8, 4) is 0 Å². The van der Waals surface area contributed by atoms with Crippen molar-refractivity contribution >= 4 is 16.0 Å². The van der Waals surface area contributed by atoms with Gasteiger partial charge in [0.05, 0.1) is 11.2 Å². The number of sulfonamides is 1. The maximum Gasteiger partial charge on any atom is 0.310 e. The maximum absolute atomic E-state index is 12.2. The molecule has 1 aliphatic carbocycles. The Kier molecular flexibility index (Phi) is 4.20. The molecule has 6 heteroatoms. The predicted octanol–water partition coefficient (Wildman–Crippen LogP) is 1.69. The highest BCUT2D eigenvalue weighted by Gasteiger charge is 2.44. The Hall–Kier alpha value is -0.620. The quantitative estimate of drug-likeness (QED) is 0.836. The molecule has 0 aromatic carbocycles.